The van der Waals surface area contributed by atoms with Gasteiger partial charge in [-0.2, -0.15) is 0 Å². The summed E-state index contributed by atoms with van der Waals surface area (Å²) in [4.78, 5) is 47.1. The first-order valence-electron chi connectivity index (χ1n) is 6.68. The maximum Gasteiger partial charge on any atom is 0.322 e. The Morgan fingerprint density at radius 2 is 2.00 bits per heavy atom. The van der Waals surface area contributed by atoms with Crippen LogP contribution in [0.5, 0.6) is 0 Å². The Morgan fingerprint density at radius 1 is 1.30 bits per heavy atom. The van der Waals surface area contributed by atoms with E-state index in [0.717, 1.165) is 27.8 Å². The molecule has 0 saturated carbocycles. The van der Waals surface area contributed by atoms with Gasteiger partial charge in [0.1, 0.15) is 13.1 Å². The first kappa shape index (κ1) is 16.8. The van der Waals surface area contributed by atoms with Crippen LogP contribution in [0.15, 0.2) is 29.2 Å². The molecule has 3 amide bonds. The van der Waals surface area contributed by atoms with Gasteiger partial charge in [-0.3, -0.25) is 24.1 Å². The van der Waals surface area contributed by atoms with Gasteiger partial charge >= 0.3 is 5.97 Å². The van der Waals surface area contributed by atoms with Gasteiger partial charge in [-0.15, -0.1) is 0 Å². The van der Waals surface area contributed by atoms with Crippen LogP contribution in [0.1, 0.15) is 11.1 Å². The minimum atomic E-state index is -1.20. The van der Waals surface area contributed by atoms with Crippen molar-refractivity contribution in [3.8, 4) is 0 Å². The van der Waals surface area contributed by atoms with Crippen LogP contribution >= 0.6 is 11.8 Å². The van der Waals surface area contributed by atoms with Gasteiger partial charge in [0.05, 0.1) is 4.91 Å². The van der Waals surface area contributed by atoms with Crippen LogP contribution < -0.4 is 5.32 Å². The van der Waals surface area contributed by atoms with Gasteiger partial charge in [0, 0.05) is 0 Å². The molecule has 1 aliphatic rings. The fourth-order valence-electron chi connectivity index (χ4n) is 1.90. The SMILES string of the molecule is Cc1ccccc1/C=C1\SC(=O)N(CC(=O)NCC(=O)O)C1=O. The van der Waals surface area contributed by atoms with Crippen molar-refractivity contribution in [1.29, 1.82) is 0 Å². The minimum Gasteiger partial charge on any atom is -0.480 e. The van der Waals surface area contributed by atoms with E-state index in [1.54, 1.807) is 6.08 Å². The van der Waals surface area contributed by atoms with E-state index in [0.29, 0.717) is 0 Å². The first-order valence-corrected chi connectivity index (χ1v) is 7.49. The lowest BCUT2D eigenvalue weighted by Crippen LogP contribution is -2.41. The van der Waals surface area contributed by atoms with Gasteiger partial charge in [-0.05, 0) is 35.9 Å². The Balaban J connectivity index is 2.09. The Bertz CT molecular complexity index is 714. The molecule has 0 aliphatic carbocycles. The number of carbonyl (C=O) groups excluding carboxylic acids is 3. The first-order chi connectivity index (χ1) is 10.9. The molecule has 1 aromatic carbocycles. The number of nitrogens with one attached hydrogen (secondary N) is 1. The number of rotatable bonds is 5. The summed E-state index contributed by atoms with van der Waals surface area (Å²) in [6, 6.07) is 7.39. The fourth-order valence-corrected chi connectivity index (χ4v) is 2.73. The minimum absolute atomic E-state index is 0.232. The van der Waals surface area contributed by atoms with Crippen molar-refractivity contribution in [2.45, 2.75) is 6.92 Å². The van der Waals surface area contributed by atoms with Crippen LogP contribution in [0, 0.1) is 6.92 Å². The summed E-state index contributed by atoms with van der Waals surface area (Å²) in [6.07, 6.45) is 1.61. The number of imide groups is 1. The van der Waals surface area contributed by atoms with E-state index in [-0.39, 0.29) is 4.91 Å². The number of carboxylic acid groups (broad SMARTS) is 1. The van der Waals surface area contributed by atoms with E-state index in [4.69, 9.17) is 5.11 Å². The largest absolute Gasteiger partial charge is 0.480 e. The van der Waals surface area contributed by atoms with Gasteiger partial charge in [0.2, 0.25) is 5.91 Å². The molecule has 1 aliphatic heterocycles. The van der Waals surface area contributed by atoms with Gasteiger partial charge in [0.25, 0.3) is 11.1 Å². The monoisotopic (exact) mass is 334 g/mol. The molecule has 0 spiro atoms. The Labute approximate surface area is 136 Å². The number of nitrogens with zero attached hydrogens (tertiary/aromatic N) is 1. The van der Waals surface area contributed by atoms with Crippen molar-refractivity contribution in [3.63, 3.8) is 0 Å². The third-order valence-corrected chi connectivity index (χ3v) is 3.99. The maximum atomic E-state index is 12.2. The molecule has 0 unspecified atom stereocenters. The van der Waals surface area contributed by atoms with Crippen molar-refractivity contribution >= 4 is 40.9 Å². The molecule has 2 N–H and O–H groups in total. The van der Waals surface area contributed by atoms with Crippen LogP contribution in [0.25, 0.3) is 6.08 Å². The molecule has 0 radical (unpaired) electrons. The summed E-state index contributed by atoms with van der Waals surface area (Å²) >= 11 is 0.754. The summed E-state index contributed by atoms with van der Waals surface area (Å²) in [7, 11) is 0. The molecule has 8 heteroatoms. The Morgan fingerprint density at radius 3 is 2.65 bits per heavy atom. The van der Waals surface area contributed by atoms with Crippen molar-refractivity contribution in [2.24, 2.45) is 0 Å². The zero-order valence-corrected chi connectivity index (χ0v) is 13.1. The zero-order valence-electron chi connectivity index (χ0n) is 12.2. The molecule has 23 heavy (non-hydrogen) atoms. The Hall–Kier alpha value is -2.61. The number of aryl methyl sites for hydroxylation is 1. The van der Waals surface area contributed by atoms with Crippen LogP contribution in [-0.4, -0.2) is 46.1 Å². The van der Waals surface area contributed by atoms with E-state index in [2.05, 4.69) is 5.32 Å². The maximum absolute atomic E-state index is 12.2. The van der Waals surface area contributed by atoms with E-state index in [9.17, 15) is 19.2 Å². The van der Waals surface area contributed by atoms with Crippen LogP contribution in [-0.2, 0) is 14.4 Å². The normalized spacial score (nSPS) is 16.0. The molecule has 1 aromatic rings. The molecule has 0 atom stereocenters. The zero-order chi connectivity index (χ0) is 17.0. The number of carboxylic acids is 1. The third kappa shape index (κ3) is 4.19. The van der Waals surface area contributed by atoms with Gasteiger partial charge in [-0.1, -0.05) is 24.3 Å². The lowest BCUT2D eigenvalue weighted by molar-refractivity contribution is -0.138. The van der Waals surface area contributed by atoms with Gasteiger partial charge in [0.15, 0.2) is 0 Å². The number of hydrogen-bond acceptors (Lipinski definition) is 5. The summed E-state index contributed by atoms with van der Waals surface area (Å²) in [6.45, 7) is 0.826. The third-order valence-electron chi connectivity index (χ3n) is 3.09. The van der Waals surface area contributed by atoms with Crippen molar-refractivity contribution < 1.29 is 24.3 Å². The lowest BCUT2D eigenvalue weighted by atomic mass is 10.1. The number of hydrogen-bond donors (Lipinski definition) is 2. The molecular formula is C15H14N2O5S. The van der Waals surface area contributed by atoms with Gasteiger partial charge in [-0.25, -0.2) is 0 Å². The summed E-state index contributed by atoms with van der Waals surface area (Å²) in [5, 5.41) is 10.0. The summed E-state index contributed by atoms with van der Waals surface area (Å²) < 4.78 is 0. The predicted molar refractivity (Wildman–Crippen MR) is 84.5 cm³/mol. The average molecular weight is 334 g/mol. The molecule has 1 heterocycles. The average Bonchev–Trinajstić information content (AvgIpc) is 2.75. The molecule has 2 rings (SSSR count). The quantitative estimate of drug-likeness (QED) is 0.785. The second-order valence-corrected chi connectivity index (χ2v) is 5.79. The number of benzene rings is 1. The lowest BCUT2D eigenvalue weighted by Gasteiger charge is -2.11. The highest BCUT2D eigenvalue weighted by Gasteiger charge is 2.36. The van der Waals surface area contributed by atoms with Crippen LogP contribution in [0.2, 0.25) is 0 Å². The molecule has 1 fully saturated rings. The number of carbonyl (C=O) groups is 4. The number of thioether (sulfide) groups is 1. The highest BCUT2D eigenvalue weighted by Crippen LogP contribution is 2.32. The highest BCUT2D eigenvalue weighted by molar-refractivity contribution is 8.18. The molecular weight excluding hydrogens is 320 g/mol. The number of aliphatic carboxylic acids is 1. The van der Waals surface area contributed by atoms with E-state index >= 15 is 0 Å². The molecule has 0 aromatic heterocycles. The van der Waals surface area contributed by atoms with Crippen LogP contribution in [0.4, 0.5) is 4.79 Å². The van der Waals surface area contributed by atoms with E-state index < -0.39 is 36.1 Å². The van der Waals surface area contributed by atoms with Crippen molar-refractivity contribution in [2.75, 3.05) is 13.1 Å². The number of amides is 3. The van der Waals surface area contributed by atoms with E-state index in [1.165, 1.54) is 0 Å². The van der Waals surface area contributed by atoms with Gasteiger partial charge < -0.3 is 10.4 Å². The summed E-state index contributed by atoms with van der Waals surface area (Å²) in [5.74, 6) is -2.47. The topological polar surface area (TPSA) is 104 Å². The smallest absolute Gasteiger partial charge is 0.322 e. The standard InChI is InChI=1S/C15H14N2O5S/c1-9-4-2-3-5-10(9)6-11-14(21)17(15(22)23-11)8-12(18)16-7-13(19)20/h2-6H,7-8H2,1H3,(H,16,18)(H,19,20)/b11-6-. The van der Waals surface area contributed by atoms with Crippen molar-refractivity contribution in [3.05, 3.63) is 40.3 Å². The second-order valence-electron chi connectivity index (χ2n) is 4.79. The van der Waals surface area contributed by atoms with Crippen LogP contribution in [0.3, 0.4) is 0 Å². The predicted octanol–water partition coefficient (Wildman–Crippen LogP) is 1.23. The summed E-state index contributed by atoms with van der Waals surface area (Å²) in [5.41, 5.74) is 1.77. The Kier molecular flexibility index (Phi) is 5.17. The molecule has 1 saturated heterocycles. The molecule has 7 nitrogen and oxygen atoms in total. The molecule has 120 valence electrons. The van der Waals surface area contributed by atoms with E-state index in [1.807, 2.05) is 31.2 Å². The molecule has 0 bridgehead atoms. The van der Waals surface area contributed by atoms with Crippen molar-refractivity contribution in [1.82, 2.24) is 10.2 Å². The highest BCUT2D eigenvalue weighted by atomic mass is 32.2. The second kappa shape index (κ2) is 7.10. The fraction of sp³-hybridized carbons (Fsp3) is 0.200.